The maximum Gasteiger partial charge on any atom is 0.0702 e. The number of rotatable bonds is 5. The van der Waals surface area contributed by atoms with E-state index in [0.29, 0.717) is 11.8 Å². The third-order valence-corrected chi connectivity index (χ3v) is 3.57. The Hall–Kier alpha value is -1.41. The number of benzene rings is 1. The molecule has 0 fully saturated rings. The molecule has 1 N–H and O–H groups in total. The third kappa shape index (κ3) is 3.08. The van der Waals surface area contributed by atoms with Gasteiger partial charge in [0.1, 0.15) is 0 Å². The lowest BCUT2D eigenvalue weighted by atomic mass is 9.89. The summed E-state index contributed by atoms with van der Waals surface area (Å²) in [6.07, 6.45) is 2.98. The van der Waals surface area contributed by atoms with Crippen molar-refractivity contribution < 1.29 is 0 Å². The van der Waals surface area contributed by atoms with Crippen LogP contribution >= 0.6 is 0 Å². The molecule has 2 rings (SSSR count). The van der Waals surface area contributed by atoms with Crippen LogP contribution < -0.4 is 5.32 Å². The van der Waals surface area contributed by atoms with Crippen molar-refractivity contribution in [2.24, 2.45) is 11.8 Å². The van der Waals surface area contributed by atoms with Crippen LogP contribution in [0, 0.1) is 11.8 Å². The largest absolute Gasteiger partial charge is 0.319 e. The smallest absolute Gasteiger partial charge is 0.0702 e. The highest BCUT2D eigenvalue weighted by Crippen LogP contribution is 2.20. The minimum atomic E-state index is 0.684. The first kappa shape index (κ1) is 13.0. The minimum Gasteiger partial charge on any atom is -0.319 e. The number of hydrogen-bond acceptors (Lipinski definition) is 2. The number of nitrogens with zero attached hydrogens (tertiary/aromatic N) is 1. The summed E-state index contributed by atoms with van der Waals surface area (Å²) in [6, 6.07) is 10.7. The van der Waals surface area contributed by atoms with Crippen molar-refractivity contribution in [1.82, 2.24) is 10.3 Å². The highest BCUT2D eigenvalue weighted by molar-refractivity contribution is 5.78. The van der Waals surface area contributed by atoms with Crippen molar-refractivity contribution >= 4 is 10.9 Å². The summed E-state index contributed by atoms with van der Waals surface area (Å²) in [4.78, 5) is 4.36. The van der Waals surface area contributed by atoms with E-state index in [1.807, 2.05) is 19.3 Å². The number of pyridine rings is 1. The predicted molar refractivity (Wildman–Crippen MR) is 77.7 cm³/mol. The number of aromatic nitrogens is 1. The zero-order valence-corrected chi connectivity index (χ0v) is 11.5. The van der Waals surface area contributed by atoms with E-state index in [-0.39, 0.29) is 0 Å². The lowest BCUT2D eigenvalue weighted by molar-refractivity contribution is 0.370. The molecule has 0 bridgehead atoms. The van der Waals surface area contributed by atoms with E-state index in [4.69, 9.17) is 0 Å². The van der Waals surface area contributed by atoms with E-state index in [0.717, 1.165) is 18.5 Å². The molecular weight excluding hydrogens is 220 g/mol. The lowest BCUT2D eigenvalue weighted by Crippen LogP contribution is -2.25. The molecule has 2 nitrogen and oxygen atoms in total. The van der Waals surface area contributed by atoms with Gasteiger partial charge in [0.05, 0.1) is 5.52 Å². The van der Waals surface area contributed by atoms with E-state index in [9.17, 15) is 0 Å². The molecule has 1 heterocycles. The number of nitrogens with one attached hydrogen (secondary N) is 1. The van der Waals surface area contributed by atoms with Gasteiger partial charge >= 0.3 is 0 Å². The number of hydrogen-bond donors (Lipinski definition) is 1. The van der Waals surface area contributed by atoms with E-state index in [1.165, 1.54) is 10.9 Å². The SMILES string of the molecule is CNCC(Cc1ccc2ncccc2c1)C(C)C. The Morgan fingerprint density at radius 2 is 2.06 bits per heavy atom. The average molecular weight is 242 g/mol. The fourth-order valence-corrected chi connectivity index (χ4v) is 2.36. The van der Waals surface area contributed by atoms with E-state index in [1.54, 1.807) is 0 Å². The van der Waals surface area contributed by atoms with Gasteiger partial charge in [0, 0.05) is 11.6 Å². The normalized spacial score (nSPS) is 13.1. The third-order valence-electron chi connectivity index (χ3n) is 3.57. The highest BCUT2D eigenvalue weighted by atomic mass is 14.8. The number of fused-ring (bicyclic) bond motifs is 1. The molecule has 1 aromatic heterocycles. The summed E-state index contributed by atoms with van der Waals surface area (Å²) in [5.74, 6) is 1.38. The molecule has 2 heteroatoms. The van der Waals surface area contributed by atoms with Gasteiger partial charge in [-0.1, -0.05) is 26.0 Å². The van der Waals surface area contributed by atoms with Crippen molar-refractivity contribution in [3.8, 4) is 0 Å². The maximum absolute atomic E-state index is 4.36. The Morgan fingerprint density at radius 3 is 2.78 bits per heavy atom. The molecule has 0 spiro atoms. The summed E-state index contributed by atoms with van der Waals surface area (Å²) in [5.41, 5.74) is 2.49. The summed E-state index contributed by atoms with van der Waals surface area (Å²) in [5, 5.41) is 4.53. The highest BCUT2D eigenvalue weighted by Gasteiger charge is 2.13. The minimum absolute atomic E-state index is 0.684. The van der Waals surface area contributed by atoms with Gasteiger partial charge in [-0.2, -0.15) is 0 Å². The summed E-state index contributed by atoms with van der Waals surface area (Å²) in [7, 11) is 2.03. The molecule has 0 saturated heterocycles. The van der Waals surface area contributed by atoms with Crippen molar-refractivity contribution in [2.45, 2.75) is 20.3 Å². The topological polar surface area (TPSA) is 24.9 Å². The molecule has 0 aliphatic heterocycles. The molecule has 1 aromatic carbocycles. The van der Waals surface area contributed by atoms with Gasteiger partial charge in [-0.3, -0.25) is 4.98 Å². The fraction of sp³-hybridized carbons (Fsp3) is 0.438. The van der Waals surface area contributed by atoms with Gasteiger partial charge < -0.3 is 5.32 Å². The molecule has 1 atom stereocenters. The van der Waals surface area contributed by atoms with Gasteiger partial charge in [-0.15, -0.1) is 0 Å². The molecular formula is C16H22N2. The van der Waals surface area contributed by atoms with Crippen molar-refractivity contribution in [3.63, 3.8) is 0 Å². The molecule has 0 saturated carbocycles. The van der Waals surface area contributed by atoms with E-state index < -0.39 is 0 Å². The second-order valence-corrected chi connectivity index (χ2v) is 5.30. The maximum atomic E-state index is 4.36. The molecule has 2 aromatic rings. The monoisotopic (exact) mass is 242 g/mol. The van der Waals surface area contributed by atoms with Crippen LogP contribution in [0.1, 0.15) is 19.4 Å². The van der Waals surface area contributed by atoms with Crippen molar-refractivity contribution in [2.75, 3.05) is 13.6 Å². The fourth-order valence-electron chi connectivity index (χ4n) is 2.36. The Balaban J connectivity index is 2.20. The predicted octanol–water partition coefficient (Wildman–Crippen LogP) is 3.27. The van der Waals surface area contributed by atoms with Gasteiger partial charge in [-0.25, -0.2) is 0 Å². The molecule has 96 valence electrons. The lowest BCUT2D eigenvalue weighted by Gasteiger charge is -2.20. The van der Waals surface area contributed by atoms with Crippen LogP contribution in [-0.2, 0) is 6.42 Å². The van der Waals surface area contributed by atoms with Crippen LogP contribution in [0.2, 0.25) is 0 Å². The second kappa shape index (κ2) is 5.96. The summed E-state index contributed by atoms with van der Waals surface area (Å²) in [6.45, 7) is 5.66. The average Bonchev–Trinajstić information content (AvgIpc) is 2.38. The van der Waals surface area contributed by atoms with Crippen LogP contribution in [0.3, 0.4) is 0 Å². The Labute approximate surface area is 109 Å². The van der Waals surface area contributed by atoms with Gasteiger partial charge in [0.2, 0.25) is 0 Å². The molecule has 0 radical (unpaired) electrons. The van der Waals surface area contributed by atoms with E-state index >= 15 is 0 Å². The quantitative estimate of drug-likeness (QED) is 0.870. The van der Waals surface area contributed by atoms with Gasteiger partial charge in [-0.05, 0) is 55.6 Å². The summed E-state index contributed by atoms with van der Waals surface area (Å²) >= 11 is 0. The first-order valence-electron chi connectivity index (χ1n) is 6.69. The molecule has 1 unspecified atom stereocenters. The van der Waals surface area contributed by atoms with Crippen molar-refractivity contribution in [3.05, 3.63) is 42.1 Å². The molecule has 0 aliphatic carbocycles. The standard InChI is InChI=1S/C16H22N2/c1-12(2)15(11-17-3)10-13-6-7-16-14(9-13)5-4-8-18-16/h4-9,12,15,17H,10-11H2,1-3H3. The van der Waals surface area contributed by atoms with E-state index in [2.05, 4.69) is 48.4 Å². The van der Waals surface area contributed by atoms with Crippen LogP contribution in [0.4, 0.5) is 0 Å². The van der Waals surface area contributed by atoms with Crippen LogP contribution in [-0.4, -0.2) is 18.6 Å². The molecule has 0 aliphatic rings. The molecule has 18 heavy (non-hydrogen) atoms. The Kier molecular flexibility index (Phi) is 4.32. The summed E-state index contributed by atoms with van der Waals surface area (Å²) < 4.78 is 0. The van der Waals surface area contributed by atoms with Gasteiger partial charge in [0.15, 0.2) is 0 Å². The Morgan fingerprint density at radius 1 is 1.22 bits per heavy atom. The zero-order valence-electron chi connectivity index (χ0n) is 11.5. The first-order chi connectivity index (χ1) is 8.70. The first-order valence-corrected chi connectivity index (χ1v) is 6.69. The second-order valence-electron chi connectivity index (χ2n) is 5.30. The molecule has 0 amide bonds. The van der Waals surface area contributed by atoms with Crippen LogP contribution in [0.25, 0.3) is 10.9 Å². The zero-order chi connectivity index (χ0) is 13.0. The van der Waals surface area contributed by atoms with Crippen molar-refractivity contribution in [1.29, 1.82) is 0 Å². The Bertz CT molecular complexity index is 505. The van der Waals surface area contributed by atoms with Gasteiger partial charge in [0.25, 0.3) is 0 Å². The van der Waals surface area contributed by atoms with Crippen LogP contribution in [0.5, 0.6) is 0 Å². The van der Waals surface area contributed by atoms with Crippen LogP contribution in [0.15, 0.2) is 36.5 Å².